The summed E-state index contributed by atoms with van der Waals surface area (Å²) in [5, 5.41) is 3.69. The molecule has 1 nitrogen and oxygen atoms in total. The van der Waals surface area contributed by atoms with Crippen molar-refractivity contribution in [2.75, 3.05) is 13.1 Å². The number of hydrogen-bond donors (Lipinski definition) is 1. The van der Waals surface area contributed by atoms with Crippen molar-refractivity contribution in [3.8, 4) is 0 Å². The lowest BCUT2D eigenvalue weighted by Gasteiger charge is -2.26. The summed E-state index contributed by atoms with van der Waals surface area (Å²) >= 11 is 0. The molecule has 1 heteroatoms. The van der Waals surface area contributed by atoms with Crippen LogP contribution in [0.15, 0.2) is 0 Å². The zero-order valence-electron chi connectivity index (χ0n) is 12.4. The molecule has 0 aromatic carbocycles. The van der Waals surface area contributed by atoms with Gasteiger partial charge in [0.2, 0.25) is 0 Å². The van der Waals surface area contributed by atoms with E-state index in [0.29, 0.717) is 0 Å². The molecule has 0 aromatic heterocycles. The third-order valence-corrected chi connectivity index (χ3v) is 5.32. The average Bonchev–Trinajstić information content (AvgIpc) is 2.42. The Morgan fingerprint density at radius 1 is 0.722 bits per heavy atom. The van der Waals surface area contributed by atoms with Crippen LogP contribution in [0.2, 0.25) is 0 Å². The van der Waals surface area contributed by atoms with Gasteiger partial charge in [-0.1, -0.05) is 64.7 Å². The fourth-order valence-electron chi connectivity index (χ4n) is 3.83. The zero-order valence-corrected chi connectivity index (χ0v) is 12.4. The van der Waals surface area contributed by atoms with Gasteiger partial charge >= 0.3 is 0 Å². The minimum Gasteiger partial charge on any atom is -0.317 e. The first-order chi connectivity index (χ1) is 8.84. The molecule has 0 radical (unpaired) electrons. The van der Waals surface area contributed by atoms with Gasteiger partial charge in [0.05, 0.1) is 0 Å². The lowest BCUT2D eigenvalue weighted by molar-refractivity contribution is 0.273. The fourth-order valence-corrected chi connectivity index (χ4v) is 3.83. The van der Waals surface area contributed by atoms with Gasteiger partial charge in [0.15, 0.2) is 0 Å². The molecular formula is C17H33N. The Labute approximate surface area is 114 Å². The molecule has 2 saturated carbocycles. The standard InChI is InChI=1S/C17H33N/c1-15-7-9-17(10-8-15)12-14-18-13-11-16-5-3-2-4-6-16/h15-18H,2-14H2,1H3. The summed E-state index contributed by atoms with van der Waals surface area (Å²) in [6.45, 7) is 4.96. The largest absolute Gasteiger partial charge is 0.317 e. The summed E-state index contributed by atoms with van der Waals surface area (Å²) < 4.78 is 0. The van der Waals surface area contributed by atoms with Gasteiger partial charge in [-0.3, -0.25) is 0 Å². The van der Waals surface area contributed by atoms with Gasteiger partial charge in [-0.15, -0.1) is 0 Å². The lowest BCUT2D eigenvalue weighted by Crippen LogP contribution is -2.23. The van der Waals surface area contributed by atoms with Crippen molar-refractivity contribution in [2.24, 2.45) is 17.8 Å². The highest BCUT2D eigenvalue weighted by Gasteiger charge is 2.17. The maximum atomic E-state index is 3.69. The minimum absolute atomic E-state index is 1.00. The van der Waals surface area contributed by atoms with Gasteiger partial charge in [0, 0.05) is 0 Å². The highest BCUT2D eigenvalue weighted by molar-refractivity contribution is 4.71. The summed E-state index contributed by atoms with van der Waals surface area (Å²) in [5.74, 6) is 3.07. The lowest BCUT2D eigenvalue weighted by atomic mass is 9.81. The molecule has 0 atom stereocenters. The van der Waals surface area contributed by atoms with Crippen LogP contribution in [0.25, 0.3) is 0 Å². The summed E-state index contributed by atoms with van der Waals surface area (Å²) in [6.07, 6.45) is 16.3. The van der Waals surface area contributed by atoms with Crippen LogP contribution in [0.5, 0.6) is 0 Å². The van der Waals surface area contributed by atoms with Crippen LogP contribution in [-0.2, 0) is 0 Å². The van der Waals surface area contributed by atoms with Crippen LogP contribution in [-0.4, -0.2) is 13.1 Å². The van der Waals surface area contributed by atoms with Gasteiger partial charge in [0.25, 0.3) is 0 Å². The summed E-state index contributed by atoms with van der Waals surface area (Å²) in [7, 11) is 0. The van der Waals surface area contributed by atoms with E-state index in [0.717, 1.165) is 17.8 Å². The molecule has 18 heavy (non-hydrogen) atoms. The van der Waals surface area contributed by atoms with Crippen molar-refractivity contribution >= 4 is 0 Å². The van der Waals surface area contributed by atoms with Crippen LogP contribution in [0.3, 0.4) is 0 Å². The summed E-state index contributed by atoms with van der Waals surface area (Å²) in [4.78, 5) is 0. The first-order valence-electron chi connectivity index (χ1n) is 8.55. The molecule has 2 rings (SSSR count). The molecule has 0 aromatic rings. The van der Waals surface area contributed by atoms with Crippen molar-refractivity contribution in [1.29, 1.82) is 0 Å². The van der Waals surface area contributed by atoms with Gasteiger partial charge in [-0.05, 0) is 43.7 Å². The molecule has 2 aliphatic rings. The second-order valence-corrected chi connectivity index (χ2v) is 6.96. The van der Waals surface area contributed by atoms with E-state index in [1.165, 1.54) is 83.7 Å². The third-order valence-electron chi connectivity index (χ3n) is 5.32. The molecule has 0 aliphatic heterocycles. The van der Waals surface area contributed by atoms with E-state index >= 15 is 0 Å². The van der Waals surface area contributed by atoms with Crippen molar-refractivity contribution in [2.45, 2.75) is 77.6 Å². The average molecular weight is 251 g/mol. The quantitative estimate of drug-likeness (QED) is 0.671. The van der Waals surface area contributed by atoms with Gasteiger partial charge < -0.3 is 5.32 Å². The normalized spacial score (nSPS) is 30.5. The topological polar surface area (TPSA) is 12.0 Å². The molecule has 0 heterocycles. The fraction of sp³-hybridized carbons (Fsp3) is 1.00. The monoisotopic (exact) mass is 251 g/mol. The van der Waals surface area contributed by atoms with E-state index in [-0.39, 0.29) is 0 Å². The van der Waals surface area contributed by atoms with Crippen LogP contribution < -0.4 is 5.32 Å². The van der Waals surface area contributed by atoms with E-state index in [4.69, 9.17) is 0 Å². The van der Waals surface area contributed by atoms with Crippen molar-refractivity contribution in [3.63, 3.8) is 0 Å². The SMILES string of the molecule is CC1CCC(CCNCCC2CCCCC2)CC1. The van der Waals surface area contributed by atoms with E-state index in [9.17, 15) is 0 Å². The van der Waals surface area contributed by atoms with Crippen molar-refractivity contribution < 1.29 is 0 Å². The second-order valence-electron chi connectivity index (χ2n) is 6.96. The molecule has 0 saturated heterocycles. The Balaban J connectivity index is 1.43. The second kappa shape index (κ2) is 8.19. The van der Waals surface area contributed by atoms with Crippen molar-refractivity contribution in [1.82, 2.24) is 5.32 Å². The van der Waals surface area contributed by atoms with Gasteiger partial charge in [-0.2, -0.15) is 0 Å². The zero-order chi connectivity index (χ0) is 12.6. The van der Waals surface area contributed by atoms with Crippen LogP contribution in [0.1, 0.15) is 77.6 Å². The van der Waals surface area contributed by atoms with E-state index in [1.807, 2.05) is 0 Å². The van der Waals surface area contributed by atoms with Crippen LogP contribution >= 0.6 is 0 Å². The third kappa shape index (κ3) is 5.30. The van der Waals surface area contributed by atoms with Crippen LogP contribution in [0, 0.1) is 17.8 Å². The van der Waals surface area contributed by atoms with Crippen LogP contribution in [0.4, 0.5) is 0 Å². The number of hydrogen-bond acceptors (Lipinski definition) is 1. The Morgan fingerprint density at radius 2 is 1.28 bits per heavy atom. The maximum absolute atomic E-state index is 3.69. The van der Waals surface area contributed by atoms with Gasteiger partial charge in [-0.25, -0.2) is 0 Å². The Bertz CT molecular complexity index is 200. The first kappa shape index (κ1) is 14.4. The Kier molecular flexibility index (Phi) is 6.54. The number of rotatable bonds is 6. The summed E-state index contributed by atoms with van der Waals surface area (Å²) in [6, 6.07) is 0. The molecule has 0 amide bonds. The maximum Gasteiger partial charge on any atom is -0.00463 e. The number of nitrogens with one attached hydrogen (secondary N) is 1. The predicted molar refractivity (Wildman–Crippen MR) is 79.8 cm³/mol. The Hall–Kier alpha value is -0.0400. The highest BCUT2D eigenvalue weighted by atomic mass is 14.8. The van der Waals surface area contributed by atoms with E-state index < -0.39 is 0 Å². The summed E-state index contributed by atoms with van der Waals surface area (Å²) in [5.41, 5.74) is 0. The first-order valence-corrected chi connectivity index (χ1v) is 8.55. The minimum atomic E-state index is 1.00. The molecule has 0 unspecified atom stereocenters. The molecule has 0 spiro atoms. The smallest absolute Gasteiger partial charge is 0.00463 e. The molecular weight excluding hydrogens is 218 g/mol. The Morgan fingerprint density at radius 3 is 1.89 bits per heavy atom. The molecule has 2 fully saturated rings. The van der Waals surface area contributed by atoms with Gasteiger partial charge in [0.1, 0.15) is 0 Å². The van der Waals surface area contributed by atoms with E-state index in [1.54, 1.807) is 0 Å². The predicted octanol–water partition coefficient (Wildman–Crippen LogP) is 4.76. The molecule has 106 valence electrons. The van der Waals surface area contributed by atoms with Crippen molar-refractivity contribution in [3.05, 3.63) is 0 Å². The van der Waals surface area contributed by atoms with E-state index in [2.05, 4.69) is 12.2 Å². The molecule has 1 N–H and O–H groups in total. The molecule has 2 aliphatic carbocycles. The molecule has 0 bridgehead atoms. The highest BCUT2D eigenvalue weighted by Crippen LogP contribution is 2.30.